The summed E-state index contributed by atoms with van der Waals surface area (Å²) in [5.74, 6) is 0.451. The zero-order valence-electron chi connectivity index (χ0n) is 9.42. The maximum absolute atomic E-state index is 11.8. The molecular formula is C11H22O2. The molecule has 0 saturated heterocycles. The minimum atomic E-state index is -0.331. The minimum Gasteiger partial charge on any atom is -0.396 e. The predicted octanol–water partition coefficient (Wildman–Crippen LogP) is 2.26. The van der Waals surface area contributed by atoms with Gasteiger partial charge in [0.1, 0.15) is 5.78 Å². The number of hydrogen-bond acceptors (Lipinski definition) is 2. The van der Waals surface area contributed by atoms with Gasteiger partial charge in [-0.15, -0.1) is 0 Å². The molecule has 0 radical (unpaired) electrons. The Morgan fingerprint density at radius 3 is 2.00 bits per heavy atom. The Bertz CT molecular complexity index is 165. The van der Waals surface area contributed by atoms with Crippen LogP contribution in [0.3, 0.4) is 0 Å². The Hall–Kier alpha value is -0.370. The Balaban J connectivity index is 4.33. The molecule has 0 fully saturated rings. The molecule has 0 aliphatic heterocycles. The van der Waals surface area contributed by atoms with E-state index in [4.69, 9.17) is 5.11 Å². The van der Waals surface area contributed by atoms with Crippen LogP contribution in [0.4, 0.5) is 0 Å². The van der Waals surface area contributed by atoms with Crippen molar-refractivity contribution < 1.29 is 9.90 Å². The summed E-state index contributed by atoms with van der Waals surface area (Å²) < 4.78 is 0. The summed E-state index contributed by atoms with van der Waals surface area (Å²) in [5.41, 5.74) is -0.331. The van der Waals surface area contributed by atoms with Gasteiger partial charge in [-0.2, -0.15) is 0 Å². The second kappa shape index (κ2) is 4.75. The lowest BCUT2D eigenvalue weighted by Crippen LogP contribution is -2.31. The van der Waals surface area contributed by atoms with Gasteiger partial charge in [0.15, 0.2) is 0 Å². The van der Waals surface area contributed by atoms with E-state index in [9.17, 15) is 4.79 Å². The first-order chi connectivity index (χ1) is 5.79. The van der Waals surface area contributed by atoms with Crippen LogP contribution in [0.2, 0.25) is 0 Å². The van der Waals surface area contributed by atoms with Crippen molar-refractivity contribution in [1.29, 1.82) is 0 Å². The molecule has 0 aromatic rings. The van der Waals surface area contributed by atoms with Crippen LogP contribution in [-0.2, 0) is 4.79 Å². The fourth-order valence-corrected chi connectivity index (χ4v) is 1.45. The van der Waals surface area contributed by atoms with Crippen molar-refractivity contribution in [3.8, 4) is 0 Å². The molecule has 2 heteroatoms. The third-order valence-electron chi connectivity index (χ3n) is 2.09. The topological polar surface area (TPSA) is 37.3 Å². The first-order valence-corrected chi connectivity index (χ1v) is 4.94. The number of carbonyl (C=O) groups is 1. The lowest BCUT2D eigenvalue weighted by atomic mass is 9.80. The van der Waals surface area contributed by atoms with Gasteiger partial charge in [-0.25, -0.2) is 0 Å². The van der Waals surface area contributed by atoms with E-state index in [0.29, 0.717) is 5.92 Å². The van der Waals surface area contributed by atoms with E-state index in [0.717, 1.165) is 6.42 Å². The normalized spacial score (nSPS) is 14.7. The molecule has 0 bridgehead atoms. The van der Waals surface area contributed by atoms with Gasteiger partial charge in [-0.05, 0) is 12.3 Å². The summed E-state index contributed by atoms with van der Waals surface area (Å²) >= 11 is 0. The number of aliphatic hydroxyl groups excluding tert-OH is 1. The minimum absolute atomic E-state index is 0.0196. The van der Waals surface area contributed by atoms with Crippen molar-refractivity contribution in [2.24, 2.45) is 17.3 Å². The summed E-state index contributed by atoms with van der Waals surface area (Å²) in [6, 6.07) is 0. The van der Waals surface area contributed by atoms with E-state index in [1.165, 1.54) is 0 Å². The highest BCUT2D eigenvalue weighted by atomic mass is 16.3. The average Bonchev–Trinajstić information content (AvgIpc) is 1.96. The van der Waals surface area contributed by atoms with E-state index in [2.05, 4.69) is 13.8 Å². The molecular weight excluding hydrogens is 164 g/mol. The molecule has 2 nitrogen and oxygen atoms in total. The fourth-order valence-electron chi connectivity index (χ4n) is 1.45. The number of aliphatic hydroxyl groups is 1. The second-order valence-corrected chi connectivity index (χ2v) is 5.12. The molecule has 0 aliphatic rings. The summed E-state index contributed by atoms with van der Waals surface area (Å²) in [5, 5.41) is 9.09. The van der Waals surface area contributed by atoms with Crippen molar-refractivity contribution in [1.82, 2.24) is 0 Å². The highest BCUT2D eigenvalue weighted by Crippen LogP contribution is 2.24. The summed E-state index contributed by atoms with van der Waals surface area (Å²) in [4.78, 5) is 11.8. The second-order valence-electron chi connectivity index (χ2n) is 5.12. The average molecular weight is 186 g/mol. The molecule has 0 unspecified atom stereocenters. The number of Topliss-reactive ketones (excluding diaryl/α,β-unsaturated/α-hetero) is 1. The van der Waals surface area contributed by atoms with E-state index in [1.54, 1.807) is 0 Å². The molecule has 0 aromatic heterocycles. The van der Waals surface area contributed by atoms with Gasteiger partial charge >= 0.3 is 0 Å². The first kappa shape index (κ1) is 12.6. The summed E-state index contributed by atoms with van der Waals surface area (Å²) in [7, 11) is 0. The smallest absolute Gasteiger partial charge is 0.143 e. The molecule has 0 saturated carbocycles. The van der Waals surface area contributed by atoms with Crippen molar-refractivity contribution in [2.75, 3.05) is 6.61 Å². The van der Waals surface area contributed by atoms with Crippen LogP contribution in [0.15, 0.2) is 0 Å². The van der Waals surface area contributed by atoms with Crippen LogP contribution in [-0.4, -0.2) is 17.5 Å². The molecule has 0 aromatic carbocycles. The van der Waals surface area contributed by atoms with Crippen molar-refractivity contribution >= 4 is 5.78 Å². The van der Waals surface area contributed by atoms with Gasteiger partial charge in [0.25, 0.3) is 0 Å². The molecule has 0 heterocycles. The standard InChI is InChI=1S/C11H22O2/c1-8(2)6-9(7-12)10(13)11(3,4)5/h8-9,12H,6-7H2,1-5H3/t9-/m0/s1. The lowest BCUT2D eigenvalue weighted by molar-refractivity contribution is -0.132. The van der Waals surface area contributed by atoms with Crippen LogP contribution >= 0.6 is 0 Å². The van der Waals surface area contributed by atoms with Crippen LogP contribution in [0, 0.1) is 17.3 Å². The highest BCUT2D eigenvalue weighted by molar-refractivity contribution is 5.86. The summed E-state index contributed by atoms with van der Waals surface area (Å²) in [6.07, 6.45) is 0.784. The van der Waals surface area contributed by atoms with E-state index >= 15 is 0 Å². The van der Waals surface area contributed by atoms with Crippen LogP contribution in [0.25, 0.3) is 0 Å². The SMILES string of the molecule is CC(C)C[C@@H](CO)C(=O)C(C)(C)C. The van der Waals surface area contributed by atoms with E-state index in [1.807, 2.05) is 20.8 Å². The molecule has 0 amide bonds. The lowest BCUT2D eigenvalue weighted by Gasteiger charge is -2.24. The van der Waals surface area contributed by atoms with Crippen molar-refractivity contribution in [3.05, 3.63) is 0 Å². The van der Waals surface area contributed by atoms with Gasteiger partial charge in [-0.1, -0.05) is 34.6 Å². The van der Waals surface area contributed by atoms with Crippen LogP contribution in [0.5, 0.6) is 0 Å². The highest BCUT2D eigenvalue weighted by Gasteiger charge is 2.29. The van der Waals surface area contributed by atoms with E-state index in [-0.39, 0.29) is 23.7 Å². The molecule has 1 atom stereocenters. The molecule has 13 heavy (non-hydrogen) atoms. The van der Waals surface area contributed by atoms with Crippen molar-refractivity contribution in [3.63, 3.8) is 0 Å². The third kappa shape index (κ3) is 4.41. The predicted molar refractivity (Wildman–Crippen MR) is 54.5 cm³/mol. The number of ketones is 1. The monoisotopic (exact) mass is 186 g/mol. The molecule has 78 valence electrons. The Morgan fingerprint density at radius 2 is 1.77 bits per heavy atom. The third-order valence-corrected chi connectivity index (χ3v) is 2.09. The van der Waals surface area contributed by atoms with Gasteiger partial charge < -0.3 is 5.11 Å². The Kier molecular flexibility index (Phi) is 4.62. The number of hydrogen-bond donors (Lipinski definition) is 1. The zero-order valence-corrected chi connectivity index (χ0v) is 9.42. The fraction of sp³-hybridized carbons (Fsp3) is 0.909. The number of carbonyl (C=O) groups excluding carboxylic acids is 1. The molecule has 1 N–H and O–H groups in total. The molecule has 0 rings (SSSR count). The quantitative estimate of drug-likeness (QED) is 0.731. The zero-order chi connectivity index (χ0) is 10.6. The molecule has 0 aliphatic carbocycles. The largest absolute Gasteiger partial charge is 0.396 e. The Morgan fingerprint density at radius 1 is 1.31 bits per heavy atom. The van der Waals surface area contributed by atoms with Crippen molar-refractivity contribution in [2.45, 2.75) is 41.0 Å². The van der Waals surface area contributed by atoms with Gasteiger partial charge in [0.2, 0.25) is 0 Å². The maximum Gasteiger partial charge on any atom is 0.143 e. The van der Waals surface area contributed by atoms with E-state index < -0.39 is 0 Å². The Labute approximate surface area is 81.3 Å². The maximum atomic E-state index is 11.8. The van der Waals surface area contributed by atoms with Gasteiger partial charge in [0.05, 0.1) is 6.61 Å². The van der Waals surface area contributed by atoms with Gasteiger partial charge in [-0.3, -0.25) is 4.79 Å². The van der Waals surface area contributed by atoms with Gasteiger partial charge in [0, 0.05) is 11.3 Å². The van der Waals surface area contributed by atoms with Crippen LogP contribution < -0.4 is 0 Å². The molecule has 0 spiro atoms. The van der Waals surface area contributed by atoms with Crippen LogP contribution in [0.1, 0.15) is 41.0 Å². The summed E-state index contributed by atoms with van der Waals surface area (Å²) in [6.45, 7) is 9.82. The first-order valence-electron chi connectivity index (χ1n) is 4.94. The number of rotatable bonds is 4.